The van der Waals surface area contributed by atoms with Crippen LogP contribution in [0.2, 0.25) is 0 Å². The molecule has 1 fully saturated rings. The summed E-state index contributed by atoms with van der Waals surface area (Å²) in [5.74, 6) is 1.31. The summed E-state index contributed by atoms with van der Waals surface area (Å²) in [5.41, 5.74) is 2.65. The average molecular weight is 400 g/mol. The van der Waals surface area contributed by atoms with Gasteiger partial charge < -0.3 is 9.47 Å². The number of ether oxygens (including phenoxy) is 2. The number of hydrogen-bond acceptors (Lipinski definition) is 5. The number of hydrogen-bond donors (Lipinski definition) is 0. The van der Waals surface area contributed by atoms with E-state index in [9.17, 15) is 4.79 Å². The first-order valence-electron chi connectivity index (χ1n) is 8.78. The molecular weight excluding hydrogens is 378 g/mol. The Kier molecular flexibility index (Phi) is 6.19. The lowest BCUT2D eigenvalue weighted by Crippen LogP contribution is -2.28. The monoisotopic (exact) mass is 399 g/mol. The van der Waals surface area contributed by atoms with Gasteiger partial charge in [-0.1, -0.05) is 42.2 Å². The maximum atomic E-state index is 13.0. The molecule has 0 aromatic heterocycles. The van der Waals surface area contributed by atoms with Crippen molar-refractivity contribution in [3.8, 4) is 11.5 Å². The number of nitrogens with zero attached hydrogens (tertiary/aromatic N) is 1. The molecular formula is C21H21NO3S2. The highest BCUT2D eigenvalue weighted by molar-refractivity contribution is 8.27. The number of carbonyl (C=O) groups excluding carboxylic acids is 1. The highest BCUT2D eigenvalue weighted by Gasteiger charge is 2.34. The van der Waals surface area contributed by atoms with Gasteiger partial charge in [0.05, 0.1) is 23.8 Å². The standard InChI is InChI=1S/C21H21NO3S2/c1-4-24-16-11-10-15(18(13-16)25-5-2)12-19-20(23)22(21(26)27-19)17-9-7-6-8-14(17)3/h6-13H,4-5H2,1-3H3/b19-12+. The van der Waals surface area contributed by atoms with E-state index in [-0.39, 0.29) is 5.91 Å². The second-order valence-corrected chi connectivity index (χ2v) is 7.55. The van der Waals surface area contributed by atoms with Gasteiger partial charge in [-0.15, -0.1) is 0 Å². The second-order valence-electron chi connectivity index (χ2n) is 5.87. The Morgan fingerprint density at radius 1 is 1.11 bits per heavy atom. The highest BCUT2D eigenvalue weighted by atomic mass is 32.2. The molecule has 1 amide bonds. The fourth-order valence-electron chi connectivity index (χ4n) is 2.80. The fourth-order valence-corrected chi connectivity index (χ4v) is 4.08. The van der Waals surface area contributed by atoms with Crippen molar-refractivity contribution >= 4 is 46.0 Å². The van der Waals surface area contributed by atoms with Crippen LogP contribution in [0.3, 0.4) is 0 Å². The number of para-hydroxylation sites is 1. The van der Waals surface area contributed by atoms with Gasteiger partial charge in [-0.3, -0.25) is 9.69 Å². The lowest BCUT2D eigenvalue weighted by Gasteiger charge is -2.16. The number of amides is 1. The van der Waals surface area contributed by atoms with Crippen LogP contribution in [0, 0.1) is 6.92 Å². The first kappa shape index (κ1) is 19.5. The number of thioether (sulfide) groups is 1. The second kappa shape index (κ2) is 8.59. The smallest absolute Gasteiger partial charge is 0.270 e. The quantitative estimate of drug-likeness (QED) is 0.493. The van der Waals surface area contributed by atoms with E-state index in [1.165, 1.54) is 11.8 Å². The zero-order valence-corrected chi connectivity index (χ0v) is 17.2. The first-order chi connectivity index (χ1) is 13.0. The Morgan fingerprint density at radius 3 is 2.56 bits per heavy atom. The van der Waals surface area contributed by atoms with Crippen molar-refractivity contribution in [3.05, 3.63) is 58.5 Å². The Labute approximate surface area is 169 Å². The minimum atomic E-state index is -0.115. The third-order valence-corrected chi connectivity index (χ3v) is 5.33. The molecule has 1 heterocycles. The third-order valence-electron chi connectivity index (χ3n) is 4.03. The summed E-state index contributed by atoms with van der Waals surface area (Å²) in [5, 5.41) is 0. The zero-order chi connectivity index (χ0) is 19.4. The topological polar surface area (TPSA) is 38.8 Å². The predicted octanol–water partition coefficient (Wildman–Crippen LogP) is 5.20. The minimum Gasteiger partial charge on any atom is -0.494 e. The molecule has 3 rings (SSSR count). The molecule has 0 unspecified atom stereocenters. The summed E-state index contributed by atoms with van der Waals surface area (Å²) in [6.45, 7) is 6.94. The summed E-state index contributed by atoms with van der Waals surface area (Å²) < 4.78 is 11.8. The molecule has 2 aromatic rings. The number of thiocarbonyl (C=S) groups is 1. The largest absolute Gasteiger partial charge is 0.494 e. The van der Waals surface area contributed by atoms with Crippen LogP contribution >= 0.6 is 24.0 Å². The molecule has 4 nitrogen and oxygen atoms in total. The summed E-state index contributed by atoms with van der Waals surface area (Å²) in [6, 6.07) is 13.4. The zero-order valence-electron chi connectivity index (χ0n) is 15.5. The van der Waals surface area contributed by atoms with E-state index in [1.54, 1.807) is 4.90 Å². The molecule has 0 bridgehead atoms. The van der Waals surface area contributed by atoms with Gasteiger partial charge in [0, 0.05) is 11.6 Å². The van der Waals surface area contributed by atoms with E-state index in [4.69, 9.17) is 21.7 Å². The highest BCUT2D eigenvalue weighted by Crippen LogP contribution is 2.38. The Balaban J connectivity index is 1.95. The predicted molar refractivity (Wildman–Crippen MR) is 116 cm³/mol. The number of carbonyl (C=O) groups is 1. The van der Waals surface area contributed by atoms with Gasteiger partial charge in [0.15, 0.2) is 4.32 Å². The summed E-state index contributed by atoms with van der Waals surface area (Å²) in [4.78, 5) is 15.2. The van der Waals surface area contributed by atoms with Gasteiger partial charge in [0.1, 0.15) is 11.5 Å². The van der Waals surface area contributed by atoms with Crippen LogP contribution < -0.4 is 14.4 Å². The Bertz CT molecular complexity index is 908. The van der Waals surface area contributed by atoms with Crippen molar-refractivity contribution in [3.63, 3.8) is 0 Å². The van der Waals surface area contributed by atoms with Crippen LogP contribution in [0.1, 0.15) is 25.0 Å². The van der Waals surface area contributed by atoms with Crippen LogP contribution in [0.5, 0.6) is 11.5 Å². The van der Waals surface area contributed by atoms with Gasteiger partial charge >= 0.3 is 0 Å². The molecule has 0 saturated carbocycles. The van der Waals surface area contributed by atoms with Crippen molar-refractivity contribution in [2.45, 2.75) is 20.8 Å². The van der Waals surface area contributed by atoms with E-state index in [2.05, 4.69) is 0 Å². The Hall–Kier alpha value is -2.31. The van der Waals surface area contributed by atoms with Gasteiger partial charge in [-0.05, 0) is 50.6 Å². The Morgan fingerprint density at radius 2 is 1.85 bits per heavy atom. The first-order valence-corrected chi connectivity index (χ1v) is 10.0. The van der Waals surface area contributed by atoms with Crippen molar-refractivity contribution < 1.29 is 14.3 Å². The molecule has 0 atom stereocenters. The van der Waals surface area contributed by atoms with Crippen molar-refractivity contribution in [2.24, 2.45) is 0 Å². The average Bonchev–Trinajstić information content (AvgIpc) is 2.92. The lowest BCUT2D eigenvalue weighted by molar-refractivity contribution is -0.113. The molecule has 1 saturated heterocycles. The fraction of sp³-hybridized carbons (Fsp3) is 0.238. The number of benzene rings is 2. The SMILES string of the molecule is CCOc1ccc(/C=C2/SC(=S)N(c3ccccc3C)C2=O)c(OCC)c1. The van der Waals surface area contributed by atoms with E-state index in [1.807, 2.05) is 69.3 Å². The molecule has 0 radical (unpaired) electrons. The molecule has 2 aromatic carbocycles. The summed E-state index contributed by atoms with van der Waals surface area (Å²) in [7, 11) is 0. The van der Waals surface area contributed by atoms with E-state index in [0.29, 0.717) is 28.2 Å². The molecule has 6 heteroatoms. The number of anilines is 1. The van der Waals surface area contributed by atoms with Gasteiger partial charge in [-0.2, -0.15) is 0 Å². The van der Waals surface area contributed by atoms with Gasteiger partial charge in [-0.25, -0.2) is 0 Å². The summed E-state index contributed by atoms with van der Waals surface area (Å²) >= 11 is 6.77. The third kappa shape index (κ3) is 4.17. The van der Waals surface area contributed by atoms with E-state index < -0.39 is 0 Å². The van der Waals surface area contributed by atoms with Gasteiger partial charge in [0.2, 0.25) is 0 Å². The molecule has 1 aliphatic heterocycles. The van der Waals surface area contributed by atoms with Crippen LogP contribution in [0.15, 0.2) is 47.4 Å². The molecule has 27 heavy (non-hydrogen) atoms. The lowest BCUT2D eigenvalue weighted by atomic mass is 10.1. The molecule has 0 spiro atoms. The number of aryl methyl sites for hydroxylation is 1. The maximum absolute atomic E-state index is 13.0. The maximum Gasteiger partial charge on any atom is 0.270 e. The van der Waals surface area contributed by atoms with Crippen molar-refractivity contribution in [1.82, 2.24) is 0 Å². The number of rotatable bonds is 6. The van der Waals surface area contributed by atoms with Crippen molar-refractivity contribution in [2.75, 3.05) is 18.1 Å². The summed E-state index contributed by atoms with van der Waals surface area (Å²) in [6.07, 6.45) is 1.83. The van der Waals surface area contributed by atoms with Crippen LogP contribution in [0.4, 0.5) is 5.69 Å². The molecule has 140 valence electrons. The molecule has 1 aliphatic rings. The minimum absolute atomic E-state index is 0.115. The van der Waals surface area contributed by atoms with Crippen LogP contribution in [-0.4, -0.2) is 23.4 Å². The van der Waals surface area contributed by atoms with Crippen LogP contribution in [0.25, 0.3) is 6.08 Å². The molecule has 0 aliphatic carbocycles. The normalized spacial score (nSPS) is 15.5. The van der Waals surface area contributed by atoms with E-state index >= 15 is 0 Å². The molecule has 0 N–H and O–H groups in total. The van der Waals surface area contributed by atoms with Gasteiger partial charge in [0.25, 0.3) is 5.91 Å². The van der Waals surface area contributed by atoms with E-state index in [0.717, 1.165) is 22.6 Å². The van der Waals surface area contributed by atoms with Crippen molar-refractivity contribution in [1.29, 1.82) is 0 Å². The van der Waals surface area contributed by atoms with Crippen LogP contribution in [-0.2, 0) is 4.79 Å².